The smallest absolute Gasteiger partial charge is 0.485 e. The summed E-state index contributed by atoms with van der Waals surface area (Å²) in [4.78, 5) is 23.3. The number of ketones is 1. The maximum absolute atomic E-state index is 11.9. The Bertz CT molecular complexity index is 659. The molecule has 2 aliphatic rings. The average molecular weight is 300 g/mol. The lowest BCUT2D eigenvalue weighted by Crippen LogP contribution is -2.31. The zero-order chi connectivity index (χ0) is 15.5. The van der Waals surface area contributed by atoms with E-state index in [1.807, 2.05) is 6.08 Å². The Hall–Kier alpha value is -2.56. The molecule has 0 spiro atoms. The summed E-state index contributed by atoms with van der Waals surface area (Å²) < 4.78 is 15.7. The summed E-state index contributed by atoms with van der Waals surface area (Å²) in [6, 6.07) is 5.04. The van der Waals surface area contributed by atoms with Crippen molar-refractivity contribution in [2.24, 2.45) is 0 Å². The number of ether oxygens (including phenoxy) is 3. The number of carbonyl (C=O) groups is 2. The third kappa shape index (κ3) is 2.88. The van der Waals surface area contributed by atoms with Crippen LogP contribution in [0.1, 0.15) is 24.8 Å². The number of Topliss-reactive ketones (excluding diaryl/α,β-unsaturated/α-hetero) is 1. The van der Waals surface area contributed by atoms with E-state index in [4.69, 9.17) is 14.2 Å². The molecule has 1 saturated carbocycles. The van der Waals surface area contributed by atoms with E-state index in [-0.39, 0.29) is 18.5 Å². The topological polar surface area (TPSA) is 61.8 Å². The number of hydrogen-bond acceptors (Lipinski definition) is 5. The number of fused-ring (bicyclic) bond motifs is 2. The second kappa shape index (κ2) is 6.05. The van der Waals surface area contributed by atoms with Gasteiger partial charge in [0.1, 0.15) is 24.2 Å². The molecule has 0 radical (unpaired) electrons. The molecule has 5 nitrogen and oxygen atoms in total. The van der Waals surface area contributed by atoms with Gasteiger partial charge in [-0.15, -0.1) is 0 Å². The molecule has 1 aliphatic carbocycles. The van der Waals surface area contributed by atoms with Crippen LogP contribution < -0.4 is 9.47 Å². The van der Waals surface area contributed by atoms with E-state index in [2.05, 4.69) is 6.58 Å². The summed E-state index contributed by atoms with van der Waals surface area (Å²) >= 11 is 0. The molecule has 0 N–H and O–H groups in total. The largest absolute Gasteiger partial charge is 0.514 e. The first-order chi connectivity index (χ1) is 10.7. The van der Waals surface area contributed by atoms with E-state index in [9.17, 15) is 9.59 Å². The molecule has 0 saturated heterocycles. The lowest BCUT2D eigenvalue weighted by Gasteiger charge is -2.29. The Morgan fingerprint density at radius 1 is 1.45 bits per heavy atom. The zero-order valence-corrected chi connectivity index (χ0v) is 12.0. The van der Waals surface area contributed by atoms with Gasteiger partial charge in [0.2, 0.25) is 0 Å². The summed E-state index contributed by atoms with van der Waals surface area (Å²) in [7, 11) is 0. The van der Waals surface area contributed by atoms with Gasteiger partial charge in [-0.25, -0.2) is 4.79 Å². The fraction of sp³-hybridized carbons (Fsp3) is 0.294. The van der Waals surface area contributed by atoms with Crippen LogP contribution in [-0.4, -0.2) is 24.6 Å². The monoisotopic (exact) mass is 300 g/mol. The predicted molar refractivity (Wildman–Crippen MR) is 79.9 cm³/mol. The number of rotatable bonds is 3. The molecule has 1 heterocycles. The highest BCUT2D eigenvalue weighted by Gasteiger charge is 2.31. The van der Waals surface area contributed by atoms with Crippen LogP contribution in [0.4, 0.5) is 4.79 Å². The number of carbonyl (C=O) groups excluding carboxylic acids is 2. The SMILES string of the molecule is C=CCOC(=O)Oc1ccc2c(c1)OC1CCCC(=O)C1=C2. The van der Waals surface area contributed by atoms with Crippen molar-refractivity contribution >= 4 is 18.0 Å². The molecule has 22 heavy (non-hydrogen) atoms. The molecule has 1 aliphatic heterocycles. The van der Waals surface area contributed by atoms with Gasteiger partial charge < -0.3 is 14.2 Å². The Morgan fingerprint density at radius 3 is 3.14 bits per heavy atom. The zero-order valence-electron chi connectivity index (χ0n) is 12.0. The fourth-order valence-corrected chi connectivity index (χ4v) is 2.60. The highest BCUT2D eigenvalue weighted by Crippen LogP contribution is 2.37. The van der Waals surface area contributed by atoms with Gasteiger partial charge in [-0.1, -0.05) is 12.7 Å². The molecule has 0 bridgehead atoms. The van der Waals surface area contributed by atoms with Gasteiger partial charge in [-0.2, -0.15) is 0 Å². The van der Waals surface area contributed by atoms with Crippen LogP contribution in [-0.2, 0) is 9.53 Å². The summed E-state index contributed by atoms with van der Waals surface area (Å²) in [5, 5.41) is 0. The van der Waals surface area contributed by atoms with E-state index in [1.165, 1.54) is 6.08 Å². The van der Waals surface area contributed by atoms with Crippen molar-refractivity contribution in [2.45, 2.75) is 25.4 Å². The van der Waals surface area contributed by atoms with Crippen molar-refractivity contribution in [2.75, 3.05) is 6.61 Å². The minimum atomic E-state index is -0.792. The van der Waals surface area contributed by atoms with Gasteiger partial charge in [-0.3, -0.25) is 4.79 Å². The molecule has 0 amide bonds. The number of hydrogen-bond donors (Lipinski definition) is 0. The van der Waals surface area contributed by atoms with Crippen LogP contribution in [0, 0.1) is 0 Å². The molecule has 1 atom stereocenters. The van der Waals surface area contributed by atoms with Gasteiger partial charge in [-0.05, 0) is 31.1 Å². The fourth-order valence-electron chi connectivity index (χ4n) is 2.60. The third-order valence-corrected chi connectivity index (χ3v) is 3.62. The Balaban J connectivity index is 1.79. The minimum absolute atomic E-state index is 0.0938. The quantitative estimate of drug-likeness (QED) is 0.487. The van der Waals surface area contributed by atoms with Crippen LogP contribution in [0.5, 0.6) is 11.5 Å². The van der Waals surface area contributed by atoms with E-state index in [0.717, 1.165) is 24.0 Å². The van der Waals surface area contributed by atoms with E-state index < -0.39 is 6.16 Å². The maximum atomic E-state index is 11.9. The average Bonchev–Trinajstić information content (AvgIpc) is 2.51. The first-order valence-electron chi connectivity index (χ1n) is 7.18. The summed E-state index contributed by atoms with van der Waals surface area (Å²) in [5.74, 6) is 1.10. The normalized spacial score (nSPS) is 19.2. The Labute approximate surface area is 128 Å². The molecule has 114 valence electrons. The van der Waals surface area contributed by atoms with Crippen molar-refractivity contribution in [1.29, 1.82) is 0 Å². The maximum Gasteiger partial charge on any atom is 0.514 e. The third-order valence-electron chi connectivity index (χ3n) is 3.62. The highest BCUT2D eigenvalue weighted by atomic mass is 16.7. The van der Waals surface area contributed by atoms with Crippen molar-refractivity contribution in [3.05, 3.63) is 42.0 Å². The molecule has 1 fully saturated rings. The molecular weight excluding hydrogens is 284 g/mol. The molecule has 5 heteroatoms. The standard InChI is InChI=1S/C17H16O5/c1-2-8-20-17(19)21-12-7-6-11-9-13-14(18)4-3-5-15(13)22-16(11)10-12/h2,6-7,9-10,15H,1,3-5,8H2. The van der Waals surface area contributed by atoms with Gasteiger partial charge in [0.25, 0.3) is 0 Å². The van der Waals surface area contributed by atoms with Crippen LogP contribution in [0.3, 0.4) is 0 Å². The van der Waals surface area contributed by atoms with Crippen LogP contribution in [0.2, 0.25) is 0 Å². The van der Waals surface area contributed by atoms with Crippen LogP contribution in [0.15, 0.2) is 36.4 Å². The second-order valence-corrected chi connectivity index (χ2v) is 5.17. The van der Waals surface area contributed by atoms with Gasteiger partial charge >= 0.3 is 6.16 Å². The van der Waals surface area contributed by atoms with E-state index in [1.54, 1.807) is 18.2 Å². The first-order valence-corrected chi connectivity index (χ1v) is 7.18. The molecule has 1 aromatic rings. The second-order valence-electron chi connectivity index (χ2n) is 5.17. The van der Waals surface area contributed by atoms with Crippen molar-refractivity contribution in [3.8, 4) is 11.5 Å². The lowest BCUT2D eigenvalue weighted by atomic mass is 9.87. The summed E-state index contributed by atoms with van der Waals surface area (Å²) in [5.41, 5.74) is 1.55. The summed E-state index contributed by atoms with van der Waals surface area (Å²) in [6.45, 7) is 3.55. The lowest BCUT2D eigenvalue weighted by molar-refractivity contribution is -0.117. The van der Waals surface area contributed by atoms with Crippen LogP contribution in [0.25, 0.3) is 6.08 Å². The minimum Gasteiger partial charge on any atom is -0.485 e. The van der Waals surface area contributed by atoms with Gasteiger partial charge in [0.15, 0.2) is 5.78 Å². The first kappa shape index (κ1) is 14.4. The number of benzene rings is 1. The van der Waals surface area contributed by atoms with Crippen molar-refractivity contribution < 1.29 is 23.8 Å². The van der Waals surface area contributed by atoms with Gasteiger partial charge in [0, 0.05) is 23.6 Å². The van der Waals surface area contributed by atoms with Gasteiger partial charge in [0.05, 0.1) is 0 Å². The molecular formula is C17H16O5. The summed E-state index contributed by atoms with van der Waals surface area (Å²) in [6.07, 6.45) is 4.58. The Morgan fingerprint density at radius 2 is 2.32 bits per heavy atom. The highest BCUT2D eigenvalue weighted by molar-refractivity contribution is 6.02. The molecule has 3 rings (SSSR count). The predicted octanol–water partition coefficient (Wildman–Crippen LogP) is 3.29. The molecule has 0 aromatic heterocycles. The Kier molecular flexibility index (Phi) is 3.96. The van der Waals surface area contributed by atoms with Crippen molar-refractivity contribution in [3.63, 3.8) is 0 Å². The van der Waals surface area contributed by atoms with Crippen molar-refractivity contribution in [1.82, 2.24) is 0 Å². The van der Waals surface area contributed by atoms with Crippen LogP contribution >= 0.6 is 0 Å². The van der Waals surface area contributed by atoms with E-state index >= 15 is 0 Å². The van der Waals surface area contributed by atoms with E-state index in [0.29, 0.717) is 17.9 Å². The molecule has 1 unspecified atom stereocenters. The molecule has 1 aromatic carbocycles.